The second-order valence-electron chi connectivity index (χ2n) is 18.4. The van der Waals surface area contributed by atoms with Gasteiger partial charge in [-0.05, 0) is 88.9 Å². The number of carbonyl (C=O) groups excluding carboxylic acids is 8. The Balaban J connectivity index is 2.49. The van der Waals surface area contributed by atoms with E-state index in [1.54, 1.807) is 44.3 Å². The number of benzene rings is 1. The lowest BCUT2D eigenvalue weighted by molar-refractivity contribution is -0.145. The molecular weight excluding hydrogens is 957 g/mol. The van der Waals surface area contributed by atoms with Gasteiger partial charge in [0.15, 0.2) is 0 Å². The number of nitrogens with one attached hydrogen (secondary N) is 9. The largest absolute Gasteiger partial charge is 0.481 e. The molecular formula is C47H74N12O14. The number of nitrogens with two attached hydrogens (primary N) is 3. The number of aromatic amines is 1. The number of carbonyl (C=O) groups is 11. The topological polar surface area (TPSA) is 439 Å². The Bertz CT molecular complexity index is 2250. The van der Waals surface area contributed by atoms with Crippen molar-refractivity contribution >= 4 is 76.1 Å². The molecule has 0 bridgehead atoms. The van der Waals surface area contributed by atoms with Crippen LogP contribution in [0.3, 0.4) is 0 Å². The fourth-order valence-electron chi connectivity index (χ4n) is 7.26. The van der Waals surface area contributed by atoms with E-state index in [2.05, 4.69) is 47.5 Å². The second kappa shape index (κ2) is 30.6. The molecule has 0 aliphatic rings. The molecule has 0 aliphatic heterocycles. The summed E-state index contributed by atoms with van der Waals surface area (Å²) in [5, 5.41) is 48.9. The van der Waals surface area contributed by atoms with Crippen LogP contribution < -0.4 is 59.7 Å². The minimum Gasteiger partial charge on any atom is -0.481 e. The van der Waals surface area contributed by atoms with Crippen LogP contribution in [0.5, 0.6) is 0 Å². The van der Waals surface area contributed by atoms with Gasteiger partial charge in [-0.15, -0.1) is 0 Å². The van der Waals surface area contributed by atoms with Gasteiger partial charge in [0.05, 0.1) is 18.9 Å². The maximum absolute atomic E-state index is 14.5. The number of unbranched alkanes of at least 4 members (excludes halogenated alkanes) is 2. The third-order valence-electron chi connectivity index (χ3n) is 11.7. The molecule has 0 fully saturated rings. The van der Waals surface area contributed by atoms with Crippen LogP contribution in [0.2, 0.25) is 0 Å². The molecule has 2 rings (SSSR count). The zero-order valence-corrected chi connectivity index (χ0v) is 42.1. The van der Waals surface area contributed by atoms with Gasteiger partial charge in [0.2, 0.25) is 47.3 Å². The van der Waals surface area contributed by atoms with Gasteiger partial charge in [0, 0.05) is 23.5 Å². The summed E-state index contributed by atoms with van der Waals surface area (Å²) < 4.78 is 0. The molecule has 0 saturated carbocycles. The molecule has 0 radical (unpaired) electrons. The van der Waals surface area contributed by atoms with Gasteiger partial charge in [-0.3, -0.25) is 47.9 Å². The minimum atomic E-state index is -1.97. The number of hydrogen-bond acceptors (Lipinski definition) is 14. The van der Waals surface area contributed by atoms with Crippen molar-refractivity contribution in [3.8, 4) is 0 Å². The monoisotopic (exact) mass is 1030 g/mol. The smallest absolute Gasteiger partial charge is 0.326 e. The van der Waals surface area contributed by atoms with E-state index in [0.717, 1.165) is 0 Å². The van der Waals surface area contributed by atoms with Gasteiger partial charge >= 0.3 is 17.9 Å². The Morgan fingerprint density at radius 3 is 1.38 bits per heavy atom. The first-order valence-corrected chi connectivity index (χ1v) is 24.1. The van der Waals surface area contributed by atoms with E-state index >= 15 is 0 Å². The molecule has 26 heteroatoms. The number of para-hydroxylation sites is 1. The average Bonchev–Trinajstić information content (AvgIpc) is 3.73. The SMILES string of the molecule is CC(C)[C@H](N)C(=O)N[C@@H](C)C(=O)N[C@@H](C)C(=O)N[C@@H](CCCCN)C(=O)N[C@@H](Cc1c[nH]c2ccccc12)C(=O)N[C@@H](CCCCN)C(=O)N[C@@H](CC(=O)O)C(=O)N[C@@H](CC(=O)O)C(=O)N[C@H](C(=O)O)C(C)C. The molecule has 2 aromatic rings. The third-order valence-corrected chi connectivity index (χ3v) is 11.7. The Labute approximate surface area is 422 Å². The summed E-state index contributed by atoms with van der Waals surface area (Å²) in [6, 6.07) is -5.81. The summed E-state index contributed by atoms with van der Waals surface area (Å²) in [5.41, 5.74) is 18.6. The number of aliphatic carboxylic acids is 3. The van der Waals surface area contributed by atoms with Crippen LogP contribution in [0.25, 0.3) is 10.9 Å². The Kier molecular flexibility index (Phi) is 26.0. The van der Waals surface area contributed by atoms with Crippen molar-refractivity contribution in [1.29, 1.82) is 0 Å². The molecule has 18 N–H and O–H groups in total. The Hall–Kier alpha value is -7.19. The van der Waals surface area contributed by atoms with Crippen LogP contribution in [0, 0.1) is 11.8 Å². The lowest BCUT2D eigenvalue weighted by Crippen LogP contribution is -2.60. The third kappa shape index (κ3) is 20.8. The lowest BCUT2D eigenvalue weighted by Gasteiger charge is -2.27. The fraction of sp³-hybridized carbons (Fsp3) is 0.596. The van der Waals surface area contributed by atoms with Gasteiger partial charge in [-0.2, -0.15) is 0 Å². The van der Waals surface area contributed by atoms with E-state index in [1.807, 2.05) is 0 Å². The molecule has 9 atom stereocenters. The van der Waals surface area contributed by atoms with Crippen LogP contribution in [-0.4, -0.2) is 153 Å². The summed E-state index contributed by atoms with van der Waals surface area (Å²) in [4.78, 5) is 147. The molecule has 0 saturated heterocycles. The van der Waals surface area contributed by atoms with Crippen molar-refractivity contribution < 1.29 is 68.1 Å². The molecule has 406 valence electrons. The van der Waals surface area contributed by atoms with Gasteiger partial charge in [0.25, 0.3) is 0 Å². The number of carboxylic acids is 3. The standard InChI is InChI=1S/C47H74N12O14/c1-23(2)37(50)46(71)53-25(5)39(64)52-26(6)40(65)54-30(15-9-11-17-48)41(66)56-32(19-27-22-51-29-14-8-7-13-28(27)29)43(68)55-31(16-10-12-18-49)42(67)57-33(20-35(60)61)44(69)58-34(21-36(62)63)45(70)59-38(24(3)4)47(72)73/h7-8,13-14,22-26,30-34,37-38,51H,9-12,15-21,48-50H2,1-6H3,(H,52,64)(H,53,71)(H,54,65)(H,55,68)(H,56,66)(H,57,67)(H,58,69)(H,59,70)(H,60,61)(H,62,63)(H,72,73)/t25-,26-,30-,31-,32-,33-,34-,37-,38-/m0/s1. The minimum absolute atomic E-state index is 0.0282. The Morgan fingerprint density at radius 1 is 0.507 bits per heavy atom. The number of carboxylic acid groups (broad SMARTS) is 3. The summed E-state index contributed by atoms with van der Waals surface area (Å²) in [6.45, 7) is 9.58. The predicted molar refractivity (Wildman–Crippen MR) is 264 cm³/mol. The average molecular weight is 1030 g/mol. The first-order chi connectivity index (χ1) is 34.3. The van der Waals surface area contributed by atoms with Crippen LogP contribution >= 0.6 is 0 Å². The van der Waals surface area contributed by atoms with Crippen molar-refractivity contribution in [2.45, 2.75) is 154 Å². The van der Waals surface area contributed by atoms with Crippen LogP contribution in [0.15, 0.2) is 30.5 Å². The lowest BCUT2D eigenvalue weighted by atomic mass is 10.0. The highest BCUT2D eigenvalue weighted by Gasteiger charge is 2.36. The number of fused-ring (bicyclic) bond motifs is 1. The number of rotatable bonds is 33. The van der Waals surface area contributed by atoms with Crippen molar-refractivity contribution in [3.05, 3.63) is 36.0 Å². The molecule has 0 aliphatic carbocycles. The van der Waals surface area contributed by atoms with E-state index in [0.29, 0.717) is 35.7 Å². The molecule has 1 heterocycles. The highest BCUT2D eigenvalue weighted by atomic mass is 16.4. The molecule has 0 spiro atoms. The first-order valence-electron chi connectivity index (χ1n) is 24.1. The van der Waals surface area contributed by atoms with Crippen molar-refractivity contribution in [2.75, 3.05) is 13.1 Å². The molecule has 26 nitrogen and oxygen atoms in total. The second-order valence-corrected chi connectivity index (χ2v) is 18.4. The van der Waals surface area contributed by atoms with Crippen molar-refractivity contribution in [2.24, 2.45) is 29.0 Å². The van der Waals surface area contributed by atoms with Gasteiger partial charge in [0.1, 0.15) is 48.3 Å². The highest BCUT2D eigenvalue weighted by molar-refractivity contribution is 5.99. The maximum atomic E-state index is 14.5. The maximum Gasteiger partial charge on any atom is 0.326 e. The molecule has 73 heavy (non-hydrogen) atoms. The summed E-state index contributed by atoms with van der Waals surface area (Å²) in [5.74, 6) is -13.0. The Morgan fingerprint density at radius 2 is 0.918 bits per heavy atom. The molecule has 0 unspecified atom stereocenters. The molecule has 1 aromatic carbocycles. The summed E-state index contributed by atoms with van der Waals surface area (Å²) >= 11 is 0. The van der Waals surface area contributed by atoms with E-state index < -0.39 is 138 Å². The van der Waals surface area contributed by atoms with Gasteiger partial charge in [-0.1, -0.05) is 45.9 Å². The van der Waals surface area contributed by atoms with E-state index in [9.17, 15) is 68.1 Å². The van der Waals surface area contributed by atoms with E-state index in [4.69, 9.17) is 17.2 Å². The highest BCUT2D eigenvalue weighted by Crippen LogP contribution is 2.20. The normalized spacial score (nSPS) is 14.9. The first kappa shape index (κ1) is 61.9. The number of H-pyrrole nitrogens is 1. The zero-order chi connectivity index (χ0) is 55.1. The zero-order valence-electron chi connectivity index (χ0n) is 42.1. The quantitative estimate of drug-likeness (QED) is 0.0330. The van der Waals surface area contributed by atoms with Gasteiger partial charge in [-0.25, -0.2) is 4.79 Å². The van der Waals surface area contributed by atoms with Gasteiger partial charge < -0.3 is 80.0 Å². The summed E-state index contributed by atoms with van der Waals surface area (Å²) in [6.07, 6.45) is 0.521. The van der Waals surface area contributed by atoms with E-state index in [-0.39, 0.29) is 44.7 Å². The van der Waals surface area contributed by atoms with E-state index in [1.165, 1.54) is 27.7 Å². The number of hydrogen-bond donors (Lipinski definition) is 15. The predicted octanol–water partition coefficient (Wildman–Crippen LogP) is -2.44. The van der Waals surface area contributed by atoms with Crippen LogP contribution in [0.4, 0.5) is 0 Å². The van der Waals surface area contributed by atoms with Crippen LogP contribution in [0.1, 0.15) is 98.5 Å². The molecule has 1 aromatic heterocycles. The number of amides is 8. The summed E-state index contributed by atoms with van der Waals surface area (Å²) in [7, 11) is 0. The molecule has 8 amide bonds. The fourth-order valence-corrected chi connectivity index (χ4v) is 7.26. The number of aromatic nitrogens is 1. The van der Waals surface area contributed by atoms with Crippen LogP contribution in [-0.2, 0) is 59.2 Å². The van der Waals surface area contributed by atoms with Crippen molar-refractivity contribution in [3.63, 3.8) is 0 Å². The van der Waals surface area contributed by atoms with Crippen molar-refractivity contribution in [1.82, 2.24) is 47.5 Å².